The van der Waals surface area contributed by atoms with E-state index in [0.29, 0.717) is 18.8 Å². The van der Waals surface area contributed by atoms with Crippen molar-refractivity contribution in [2.75, 3.05) is 20.2 Å². The van der Waals surface area contributed by atoms with E-state index in [1.54, 1.807) is 38.2 Å². The number of carbonyl (C=O) groups excluding carboxylic acids is 1. The number of hydrogen-bond donors (Lipinski definition) is 0. The lowest BCUT2D eigenvalue weighted by molar-refractivity contribution is 0.0729. The van der Waals surface area contributed by atoms with Crippen LogP contribution in [0.5, 0.6) is 11.5 Å². The van der Waals surface area contributed by atoms with Gasteiger partial charge in [0.1, 0.15) is 0 Å². The summed E-state index contributed by atoms with van der Waals surface area (Å²) in [5.74, 6) is 0.0430. The van der Waals surface area contributed by atoms with Crippen LogP contribution in [-0.4, -0.2) is 43.9 Å². The van der Waals surface area contributed by atoms with Crippen molar-refractivity contribution in [3.05, 3.63) is 83.7 Å². The van der Waals surface area contributed by atoms with Crippen molar-refractivity contribution in [1.29, 1.82) is 0 Å². The summed E-state index contributed by atoms with van der Waals surface area (Å²) in [6.45, 7) is 4.30. The Morgan fingerprint density at radius 1 is 0.970 bits per heavy atom. The van der Waals surface area contributed by atoms with Gasteiger partial charge in [-0.1, -0.05) is 32.1 Å². The Bertz CT molecular complexity index is 1220. The Hall–Kier alpha value is -3.49. The Balaban J connectivity index is 1.75. The molecule has 0 fully saturated rings. The second kappa shape index (κ2) is 10.9. The summed E-state index contributed by atoms with van der Waals surface area (Å²) in [7, 11) is -2.10. The fraction of sp³-hybridized carbons (Fsp3) is 0.200. The number of hydrogen-bond acceptors (Lipinski definition) is 6. The molecule has 0 spiro atoms. The zero-order chi connectivity index (χ0) is 23.8. The maximum atomic E-state index is 12.6. The van der Waals surface area contributed by atoms with E-state index >= 15 is 0 Å². The van der Waals surface area contributed by atoms with E-state index in [0.717, 1.165) is 11.3 Å². The molecule has 0 saturated carbocycles. The van der Waals surface area contributed by atoms with Gasteiger partial charge in [-0.05, 0) is 60.2 Å². The summed E-state index contributed by atoms with van der Waals surface area (Å²) in [6.07, 6.45) is 5.47. The van der Waals surface area contributed by atoms with Crippen molar-refractivity contribution >= 4 is 28.1 Å². The van der Waals surface area contributed by atoms with Crippen molar-refractivity contribution in [3.63, 3.8) is 0 Å². The number of esters is 1. The quantitative estimate of drug-likeness (QED) is 0.341. The molecule has 0 aliphatic rings. The van der Waals surface area contributed by atoms with Crippen LogP contribution in [-0.2, 0) is 10.0 Å². The van der Waals surface area contributed by atoms with Crippen molar-refractivity contribution in [2.45, 2.75) is 18.7 Å². The number of methoxy groups -OCH3 is 1. The molecule has 172 valence electrons. The summed E-state index contributed by atoms with van der Waals surface area (Å²) in [5, 5.41) is 0. The van der Waals surface area contributed by atoms with Gasteiger partial charge in [-0.25, -0.2) is 13.2 Å². The highest BCUT2D eigenvalue weighted by molar-refractivity contribution is 7.89. The van der Waals surface area contributed by atoms with Gasteiger partial charge in [0.15, 0.2) is 11.5 Å². The molecule has 3 aromatic rings. The Kier molecular flexibility index (Phi) is 7.97. The standard InChI is InChI=1S/C25H26N2O5S/c1-4-27(5-2)33(29,30)22-14-11-20(12-15-22)25(28)32-23-16-10-19(18-24(23)31-3)9-13-21-8-6-7-17-26-21/h6-18H,4-5H2,1-3H3/b13-9+. The first kappa shape index (κ1) is 24.2. The summed E-state index contributed by atoms with van der Waals surface area (Å²) in [6, 6.07) is 16.5. The van der Waals surface area contributed by atoms with Crippen molar-refractivity contribution in [2.24, 2.45) is 0 Å². The molecule has 33 heavy (non-hydrogen) atoms. The van der Waals surface area contributed by atoms with Gasteiger partial charge in [-0.3, -0.25) is 4.98 Å². The van der Waals surface area contributed by atoms with Crippen molar-refractivity contribution in [3.8, 4) is 11.5 Å². The highest BCUT2D eigenvalue weighted by atomic mass is 32.2. The van der Waals surface area contributed by atoms with Crippen molar-refractivity contribution in [1.82, 2.24) is 9.29 Å². The molecular formula is C25H26N2O5S. The lowest BCUT2D eigenvalue weighted by Gasteiger charge is -2.18. The molecule has 0 N–H and O–H groups in total. The van der Waals surface area contributed by atoms with E-state index in [1.165, 1.54) is 35.7 Å². The van der Waals surface area contributed by atoms with Crippen LogP contribution in [0, 0.1) is 0 Å². The van der Waals surface area contributed by atoms with Crippen molar-refractivity contribution < 1.29 is 22.7 Å². The third-order valence-electron chi connectivity index (χ3n) is 4.96. The number of benzene rings is 2. The average molecular weight is 467 g/mol. The van der Waals surface area contributed by atoms with Gasteiger partial charge in [-0.2, -0.15) is 4.31 Å². The van der Waals surface area contributed by atoms with Crippen LogP contribution in [0.4, 0.5) is 0 Å². The zero-order valence-electron chi connectivity index (χ0n) is 18.8. The third kappa shape index (κ3) is 5.85. The van der Waals surface area contributed by atoms with E-state index in [-0.39, 0.29) is 16.2 Å². The molecule has 0 bridgehead atoms. The Morgan fingerprint density at radius 3 is 2.30 bits per heavy atom. The normalized spacial score (nSPS) is 11.6. The number of pyridine rings is 1. The molecule has 3 rings (SSSR count). The van der Waals surface area contributed by atoms with Gasteiger partial charge in [0.2, 0.25) is 10.0 Å². The van der Waals surface area contributed by atoms with Crippen LogP contribution in [0.1, 0.15) is 35.5 Å². The highest BCUT2D eigenvalue weighted by Crippen LogP contribution is 2.29. The lowest BCUT2D eigenvalue weighted by Crippen LogP contribution is -2.30. The van der Waals surface area contributed by atoms with Crippen LogP contribution < -0.4 is 9.47 Å². The molecule has 0 saturated heterocycles. The number of nitrogens with zero attached hydrogens (tertiary/aromatic N) is 2. The molecule has 0 unspecified atom stereocenters. The first-order chi connectivity index (χ1) is 15.9. The molecule has 0 radical (unpaired) electrons. The third-order valence-corrected chi connectivity index (χ3v) is 7.02. The highest BCUT2D eigenvalue weighted by Gasteiger charge is 2.22. The molecule has 2 aromatic carbocycles. The summed E-state index contributed by atoms with van der Waals surface area (Å²) < 4.78 is 37.4. The first-order valence-electron chi connectivity index (χ1n) is 10.5. The minimum Gasteiger partial charge on any atom is -0.493 e. The minimum absolute atomic E-state index is 0.129. The van der Waals surface area contributed by atoms with Crippen LogP contribution in [0.3, 0.4) is 0 Å². The number of carbonyl (C=O) groups is 1. The SMILES string of the molecule is CCN(CC)S(=O)(=O)c1ccc(C(=O)Oc2ccc(/C=C/c3ccccn3)cc2OC)cc1. The molecule has 1 aromatic heterocycles. The Morgan fingerprint density at radius 2 is 1.70 bits per heavy atom. The zero-order valence-corrected chi connectivity index (χ0v) is 19.6. The summed E-state index contributed by atoms with van der Waals surface area (Å²) >= 11 is 0. The predicted octanol–water partition coefficient (Wildman–Crippen LogP) is 4.51. The molecule has 0 aliphatic heterocycles. The maximum Gasteiger partial charge on any atom is 0.343 e. The molecule has 0 atom stereocenters. The smallest absolute Gasteiger partial charge is 0.343 e. The van der Waals surface area contributed by atoms with Gasteiger partial charge in [-0.15, -0.1) is 0 Å². The second-order valence-electron chi connectivity index (χ2n) is 7.00. The maximum absolute atomic E-state index is 12.6. The molecule has 8 heteroatoms. The molecule has 0 aliphatic carbocycles. The van der Waals surface area contributed by atoms with Crippen LogP contribution in [0.2, 0.25) is 0 Å². The number of ether oxygens (including phenoxy) is 2. The van der Waals surface area contributed by atoms with Crippen LogP contribution >= 0.6 is 0 Å². The minimum atomic E-state index is -3.59. The van der Waals surface area contributed by atoms with Gasteiger partial charge in [0.25, 0.3) is 0 Å². The van der Waals surface area contributed by atoms with Gasteiger partial charge >= 0.3 is 5.97 Å². The van der Waals surface area contributed by atoms with Crippen LogP contribution in [0.15, 0.2) is 71.8 Å². The topological polar surface area (TPSA) is 85.8 Å². The second-order valence-corrected chi connectivity index (χ2v) is 8.94. The first-order valence-corrected chi connectivity index (χ1v) is 11.9. The van der Waals surface area contributed by atoms with E-state index in [2.05, 4.69) is 4.98 Å². The van der Waals surface area contributed by atoms with E-state index in [1.807, 2.05) is 30.4 Å². The van der Waals surface area contributed by atoms with Gasteiger partial charge in [0, 0.05) is 19.3 Å². The van der Waals surface area contributed by atoms with Gasteiger partial charge in [0.05, 0.1) is 23.3 Å². The lowest BCUT2D eigenvalue weighted by atomic mass is 10.1. The largest absolute Gasteiger partial charge is 0.493 e. The molecule has 0 amide bonds. The van der Waals surface area contributed by atoms with E-state index in [9.17, 15) is 13.2 Å². The fourth-order valence-electron chi connectivity index (χ4n) is 3.16. The monoisotopic (exact) mass is 466 g/mol. The Labute approximate surface area is 194 Å². The van der Waals surface area contributed by atoms with Gasteiger partial charge < -0.3 is 9.47 Å². The number of sulfonamides is 1. The summed E-state index contributed by atoms with van der Waals surface area (Å²) in [4.78, 5) is 17.0. The van der Waals surface area contributed by atoms with Crippen LogP contribution in [0.25, 0.3) is 12.2 Å². The average Bonchev–Trinajstić information content (AvgIpc) is 2.84. The number of aromatic nitrogens is 1. The van der Waals surface area contributed by atoms with E-state index < -0.39 is 16.0 Å². The molecular weight excluding hydrogens is 440 g/mol. The molecule has 1 heterocycles. The van der Waals surface area contributed by atoms with E-state index in [4.69, 9.17) is 9.47 Å². The predicted molar refractivity (Wildman–Crippen MR) is 128 cm³/mol. The number of rotatable bonds is 9. The summed E-state index contributed by atoms with van der Waals surface area (Å²) in [5.41, 5.74) is 1.90. The fourth-order valence-corrected chi connectivity index (χ4v) is 4.62. The molecule has 7 nitrogen and oxygen atoms in total.